The molecule has 2 aromatic heterocycles. The maximum atomic E-state index is 9.60. The number of nitrogens with two attached hydrogens (primary N) is 1. The average Bonchev–Trinajstić information content (AvgIpc) is 3.16. The summed E-state index contributed by atoms with van der Waals surface area (Å²) in [6.07, 6.45) is 1.90. The van der Waals surface area contributed by atoms with Crippen LogP contribution in [0.5, 0.6) is 5.75 Å². The Balaban J connectivity index is 1.82. The zero-order valence-electron chi connectivity index (χ0n) is 15.0. The van der Waals surface area contributed by atoms with E-state index in [4.69, 9.17) is 15.6 Å². The SMILES string of the molecule is N#Cc1c(-c2ccc(OCCO)cc2)cc(-c2c[nH]c3ccccc23)nc1N. The molecule has 0 spiro atoms. The van der Waals surface area contributed by atoms with Crippen molar-refractivity contribution in [3.05, 3.63) is 66.4 Å². The minimum absolute atomic E-state index is 0.0464. The summed E-state index contributed by atoms with van der Waals surface area (Å²) in [6.45, 7) is 0.185. The molecule has 138 valence electrons. The number of rotatable bonds is 5. The molecule has 0 fully saturated rings. The number of aromatic amines is 1. The number of aliphatic hydroxyl groups is 1. The number of aromatic nitrogens is 2. The Bertz CT molecular complexity index is 1170. The van der Waals surface area contributed by atoms with Crippen LogP contribution in [0.3, 0.4) is 0 Å². The van der Waals surface area contributed by atoms with Gasteiger partial charge in [-0.3, -0.25) is 0 Å². The number of nitrogen functional groups attached to an aromatic ring is 1. The molecule has 0 aliphatic heterocycles. The highest BCUT2D eigenvalue weighted by molar-refractivity contribution is 5.96. The summed E-state index contributed by atoms with van der Waals surface area (Å²) in [7, 11) is 0. The van der Waals surface area contributed by atoms with E-state index in [2.05, 4.69) is 16.0 Å². The van der Waals surface area contributed by atoms with Crippen LogP contribution >= 0.6 is 0 Å². The number of benzene rings is 2. The lowest BCUT2D eigenvalue weighted by Crippen LogP contribution is -2.01. The Morgan fingerprint density at radius 3 is 2.64 bits per heavy atom. The molecule has 0 aliphatic carbocycles. The maximum Gasteiger partial charge on any atom is 0.142 e. The van der Waals surface area contributed by atoms with Crippen molar-refractivity contribution in [1.29, 1.82) is 5.26 Å². The number of nitrogens with one attached hydrogen (secondary N) is 1. The number of para-hydroxylation sites is 1. The number of fused-ring (bicyclic) bond motifs is 1. The number of aliphatic hydroxyl groups excluding tert-OH is 1. The molecule has 0 amide bonds. The summed E-state index contributed by atoms with van der Waals surface area (Å²) in [5.41, 5.74) is 10.6. The molecule has 0 aliphatic rings. The topological polar surface area (TPSA) is 108 Å². The molecule has 6 nitrogen and oxygen atoms in total. The average molecular weight is 370 g/mol. The first kappa shape index (κ1) is 17.6. The van der Waals surface area contributed by atoms with Crippen molar-refractivity contribution in [3.8, 4) is 34.2 Å². The van der Waals surface area contributed by atoms with Gasteiger partial charge in [-0.15, -0.1) is 0 Å². The Labute approximate surface area is 161 Å². The van der Waals surface area contributed by atoms with Crippen molar-refractivity contribution in [2.75, 3.05) is 18.9 Å². The monoisotopic (exact) mass is 370 g/mol. The summed E-state index contributed by atoms with van der Waals surface area (Å²) >= 11 is 0. The Morgan fingerprint density at radius 2 is 1.89 bits per heavy atom. The highest BCUT2D eigenvalue weighted by Crippen LogP contribution is 2.34. The van der Waals surface area contributed by atoms with E-state index in [9.17, 15) is 5.26 Å². The van der Waals surface area contributed by atoms with Gasteiger partial charge in [0.15, 0.2) is 0 Å². The van der Waals surface area contributed by atoms with Gasteiger partial charge in [0.05, 0.1) is 12.3 Å². The smallest absolute Gasteiger partial charge is 0.142 e. The van der Waals surface area contributed by atoms with Crippen molar-refractivity contribution in [3.63, 3.8) is 0 Å². The first-order valence-corrected chi connectivity index (χ1v) is 8.82. The minimum Gasteiger partial charge on any atom is -0.491 e. The lowest BCUT2D eigenvalue weighted by molar-refractivity contribution is 0.201. The third kappa shape index (κ3) is 3.15. The second-order valence-corrected chi connectivity index (χ2v) is 6.27. The molecule has 0 unspecified atom stereocenters. The minimum atomic E-state index is -0.0464. The molecule has 0 radical (unpaired) electrons. The van der Waals surface area contributed by atoms with Crippen LogP contribution < -0.4 is 10.5 Å². The number of hydrogen-bond donors (Lipinski definition) is 3. The van der Waals surface area contributed by atoms with Crippen LogP contribution in [-0.2, 0) is 0 Å². The van der Waals surface area contributed by atoms with E-state index in [1.165, 1.54) is 0 Å². The van der Waals surface area contributed by atoms with Crippen molar-refractivity contribution in [2.45, 2.75) is 0 Å². The number of nitriles is 1. The molecule has 2 heterocycles. The first-order chi connectivity index (χ1) is 13.7. The lowest BCUT2D eigenvalue weighted by Gasteiger charge is -2.11. The van der Waals surface area contributed by atoms with Gasteiger partial charge >= 0.3 is 0 Å². The number of pyridine rings is 1. The number of H-pyrrole nitrogens is 1. The van der Waals surface area contributed by atoms with Gasteiger partial charge in [-0.2, -0.15) is 5.26 Å². The largest absolute Gasteiger partial charge is 0.491 e. The van der Waals surface area contributed by atoms with Gasteiger partial charge in [0.25, 0.3) is 0 Å². The fraction of sp³-hybridized carbons (Fsp3) is 0.0909. The Morgan fingerprint density at radius 1 is 1.11 bits per heavy atom. The fourth-order valence-corrected chi connectivity index (χ4v) is 3.23. The standard InChI is InChI=1S/C22H18N4O2/c23-12-18-17(14-5-7-15(8-6-14)28-10-9-27)11-21(26-22(18)24)19-13-25-20-4-2-1-3-16(19)20/h1-8,11,13,25,27H,9-10H2,(H2,24,26). The van der Waals surface area contributed by atoms with Crippen LogP contribution in [-0.4, -0.2) is 28.3 Å². The van der Waals surface area contributed by atoms with E-state index in [1.807, 2.05) is 48.7 Å². The van der Waals surface area contributed by atoms with E-state index in [0.717, 1.165) is 22.0 Å². The van der Waals surface area contributed by atoms with E-state index in [0.29, 0.717) is 22.6 Å². The highest BCUT2D eigenvalue weighted by Gasteiger charge is 2.15. The van der Waals surface area contributed by atoms with Crippen LogP contribution in [0.2, 0.25) is 0 Å². The van der Waals surface area contributed by atoms with Gasteiger partial charge in [-0.05, 0) is 29.8 Å². The maximum absolute atomic E-state index is 9.60. The molecule has 0 saturated heterocycles. The van der Waals surface area contributed by atoms with Gasteiger partial charge in [0, 0.05) is 28.2 Å². The van der Waals surface area contributed by atoms with Crippen molar-refractivity contribution in [1.82, 2.24) is 9.97 Å². The molecule has 6 heteroatoms. The second kappa shape index (κ2) is 7.43. The number of nitrogens with zero attached hydrogens (tertiary/aromatic N) is 2. The second-order valence-electron chi connectivity index (χ2n) is 6.27. The molecule has 0 saturated carbocycles. The Kier molecular flexibility index (Phi) is 4.67. The van der Waals surface area contributed by atoms with Crippen LogP contribution in [0.15, 0.2) is 60.8 Å². The van der Waals surface area contributed by atoms with Crippen LogP contribution in [0.25, 0.3) is 33.3 Å². The molecular formula is C22H18N4O2. The molecule has 28 heavy (non-hydrogen) atoms. The summed E-state index contributed by atoms with van der Waals surface area (Å²) in [5, 5.41) is 19.5. The predicted octanol–water partition coefficient (Wildman–Crippen LogP) is 3.72. The van der Waals surface area contributed by atoms with Gasteiger partial charge in [0.2, 0.25) is 0 Å². The Hall–Kier alpha value is -3.82. The molecule has 0 bridgehead atoms. The van der Waals surface area contributed by atoms with Crippen LogP contribution in [0, 0.1) is 11.3 Å². The third-order valence-electron chi connectivity index (χ3n) is 4.55. The number of anilines is 1. The summed E-state index contributed by atoms with van der Waals surface area (Å²) in [5.74, 6) is 0.844. The van der Waals surface area contributed by atoms with Gasteiger partial charge < -0.3 is 20.6 Å². The van der Waals surface area contributed by atoms with Crippen LogP contribution in [0.1, 0.15) is 5.56 Å². The molecule has 4 N–H and O–H groups in total. The zero-order chi connectivity index (χ0) is 19.5. The van der Waals surface area contributed by atoms with Crippen LogP contribution in [0.4, 0.5) is 5.82 Å². The molecular weight excluding hydrogens is 352 g/mol. The number of hydrogen-bond acceptors (Lipinski definition) is 5. The van der Waals surface area contributed by atoms with Gasteiger partial charge in [-0.1, -0.05) is 30.3 Å². The zero-order valence-corrected chi connectivity index (χ0v) is 15.0. The van der Waals surface area contributed by atoms with Crippen molar-refractivity contribution < 1.29 is 9.84 Å². The fourth-order valence-electron chi connectivity index (χ4n) is 3.23. The highest BCUT2D eigenvalue weighted by atomic mass is 16.5. The predicted molar refractivity (Wildman–Crippen MR) is 109 cm³/mol. The van der Waals surface area contributed by atoms with E-state index in [-0.39, 0.29) is 19.0 Å². The van der Waals surface area contributed by atoms with E-state index in [1.54, 1.807) is 12.1 Å². The quantitative estimate of drug-likeness (QED) is 0.496. The summed E-state index contributed by atoms with van der Waals surface area (Å²) in [6, 6.07) is 19.3. The summed E-state index contributed by atoms with van der Waals surface area (Å²) in [4.78, 5) is 7.70. The normalized spacial score (nSPS) is 10.7. The van der Waals surface area contributed by atoms with Crippen molar-refractivity contribution >= 4 is 16.7 Å². The van der Waals surface area contributed by atoms with Gasteiger partial charge in [-0.25, -0.2) is 4.98 Å². The van der Waals surface area contributed by atoms with E-state index >= 15 is 0 Å². The molecule has 4 aromatic rings. The third-order valence-corrected chi connectivity index (χ3v) is 4.55. The van der Waals surface area contributed by atoms with E-state index < -0.39 is 0 Å². The molecule has 4 rings (SSSR count). The molecule has 2 aromatic carbocycles. The first-order valence-electron chi connectivity index (χ1n) is 8.82. The number of ether oxygens (including phenoxy) is 1. The summed E-state index contributed by atoms with van der Waals surface area (Å²) < 4.78 is 5.40. The lowest BCUT2D eigenvalue weighted by atomic mass is 9.98. The van der Waals surface area contributed by atoms with Crippen molar-refractivity contribution in [2.24, 2.45) is 0 Å². The van der Waals surface area contributed by atoms with Gasteiger partial charge in [0.1, 0.15) is 29.8 Å². The molecule has 0 atom stereocenters.